The Morgan fingerprint density at radius 1 is 1.00 bits per heavy atom. The fraction of sp³-hybridized carbons (Fsp3) is 0.500. The Hall–Kier alpha value is -0.100. The van der Waals surface area contributed by atoms with Crippen molar-refractivity contribution in [2.45, 2.75) is 12.8 Å². The monoisotopic (exact) mass is 159 g/mol. The van der Waals surface area contributed by atoms with Gasteiger partial charge in [-0.15, -0.1) is 0 Å². The first-order valence-corrected chi connectivity index (χ1v) is 2.06. The SMILES string of the molecule is N.O=C(O)CCC(=O)O.[NaH]. The number of carboxylic acids is 2. The van der Waals surface area contributed by atoms with Crippen molar-refractivity contribution in [1.29, 1.82) is 0 Å². The van der Waals surface area contributed by atoms with Crippen LogP contribution in [0.25, 0.3) is 0 Å². The summed E-state index contributed by atoms with van der Waals surface area (Å²) in [6, 6.07) is 0. The zero-order valence-electron chi connectivity index (χ0n) is 4.83. The molecule has 56 valence electrons. The van der Waals surface area contributed by atoms with Crippen molar-refractivity contribution in [2.24, 2.45) is 0 Å². The maximum absolute atomic E-state index is 9.64. The van der Waals surface area contributed by atoms with Gasteiger partial charge in [-0.1, -0.05) is 0 Å². The Morgan fingerprint density at radius 2 is 1.20 bits per heavy atom. The van der Waals surface area contributed by atoms with Crippen molar-refractivity contribution in [3.8, 4) is 0 Å². The summed E-state index contributed by atoms with van der Waals surface area (Å²) in [5.74, 6) is -2.15. The van der Waals surface area contributed by atoms with Gasteiger partial charge >= 0.3 is 41.5 Å². The molecule has 0 saturated heterocycles. The second-order valence-corrected chi connectivity index (χ2v) is 1.29. The quantitative estimate of drug-likeness (QED) is 0.478. The molecule has 0 rings (SSSR count). The van der Waals surface area contributed by atoms with E-state index in [1.807, 2.05) is 0 Å². The van der Waals surface area contributed by atoms with Crippen LogP contribution in [-0.4, -0.2) is 51.7 Å². The van der Waals surface area contributed by atoms with Gasteiger partial charge in [0.1, 0.15) is 0 Å². The van der Waals surface area contributed by atoms with E-state index in [0.717, 1.165) is 0 Å². The fourth-order valence-electron chi connectivity index (χ4n) is 0.214. The zero-order valence-corrected chi connectivity index (χ0v) is 4.83. The van der Waals surface area contributed by atoms with Crippen molar-refractivity contribution < 1.29 is 19.8 Å². The molecule has 0 spiro atoms. The van der Waals surface area contributed by atoms with Crippen LogP contribution in [-0.2, 0) is 9.59 Å². The second kappa shape index (κ2) is 8.90. The van der Waals surface area contributed by atoms with Gasteiger partial charge in [-0.25, -0.2) is 0 Å². The summed E-state index contributed by atoms with van der Waals surface area (Å²) in [5.41, 5.74) is 0. The van der Waals surface area contributed by atoms with E-state index in [1.165, 1.54) is 0 Å². The molecule has 5 N–H and O–H groups in total. The van der Waals surface area contributed by atoms with E-state index in [1.54, 1.807) is 0 Å². The maximum atomic E-state index is 9.64. The summed E-state index contributed by atoms with van der Waals surface area (Å²) < 4.78 is 0. The molecule has 10 heavy (non-hydrogen) atoms. The van der Waals surface area contributed by atoms with E-state index in [-0.39, 0.29) is 48.5 Å². The fourth-order valence-corrected chi connectivity index (χ4v) is 0.214. The van der Waals surface area contributed by atoms with Gasteiger partial charge in [0.25, 0.3) is 0 Å². The predicted octanol–water partition coefficient (Wildman–Crippen LogP) is -0.551. The molecule has 0 amide bonds. The van der Waals surface area contributed by atoms with Gasteiger partial charge in [0.05, 0.1) is 12.8 Å². The Balaban J connectivity index is -0.000000245. The van der Waals surface area contributed by atoms with Gasteiger partial charge in [0.2, 0.25) is 0 Å². The summed E-state index contributed by atoms with van der Waals surface area (Å²) in [6.45, 7) is 0. The Labute approximate surface area is 80.3 Å². The number of aliphatic carboxylic acids is 2. The van der Waals surface area contributed by atoms with Crippen molar-refractivity contribution in [3.05, 3.63) is 0 Å². The average Bonchev–Trinajstić information content (AvgIpc) is 1.61. The molecule has 0 radical (unpaired) electrons. The predicted molar refractivity (Wildman–Crippen MR) is 36.7 cm³/mol. The third-order valence-corrected chi connectivity index (χ3v) is 0.553. The molecular weight excluding hydrogens is 149 g/mol. The van der Waals surface area contributed by atoms with E-state index in [9.17, 15) is 9.59 Å². The molecule has 5 nitrogen and oxygen atoms in total. The second-order valence-electron chi connectivity index (χ2n) is 1.29. The minimum absolute atomic E-state index is 0. The van der Waals surface area contributed by atoms with Crippen LogP contribution in [0.2, 0.25) is 0 Å². The standard InChI is InChI=1S/C4H6O4.H3N.Na.H/c5-3(6)1-2-4(7)8;;;/h1-2H2,(H,5,6)(H,7,8);1H3;;. The van der Waals surface area contributed by atoms with E-state index in [4.69, 9.17) is 10.2 Å². The van der Waals surface area contributed by atoms with Gasteiger partial charge in [0, 0.05) is 0 Å². The van der Waals surface area contributed by atoms with Gasteiger partial charge in [-0.2, -0.15) is 0 Å². The van der Waals surface area contributed by atoms with Gasteiger partial charge < -0.3 is 16.4 Å². The first-order valence-electron chi connectivity index (χ1n) is 2.06. The van der Waals surface area contributed by atoms with Crippen molar-refractivity contribution in [1.82, 2.24) is 6.15 Å². The van der Waals surface area contributed by atoms with Crippen LogP contribution in [0.5, 0.6) is 0 Å². The van der Waals surface area contributed by atoms with E-state index in [0.29, 0.717) is 0 Å². The Bertz CT molecular complexity index is 102. The van der Waals surface area contributed by atoms with E-state index < -0.39 is 11.9 Å². The summed E-state index contributed by atoms with van der Waals surface area (Å²) in [6.07, 6.45) is -0.593. The van der Waals surface area contributed by atoms with Crippen LogP contribution >= 0.6 is 0 Å². The number of hydrogen-bond acceptors (Lipinski definition) is 3. The van der Waals surface area contributed by atoms with E-state index in [2.05, 4.69) is 0 Å². The van der Waals surface area contributed by atoms with Crippen LogP contribution in [0.1, 0.15) is 12.8 Å². The Morgan fingerprint density at radius 3 is 1.30 bits per heavy atom. The number of hydrogen-bond donors (Lipinski definition) is 3. The van der Waals surface area contributed by atoms with Crippen LogP contribution in [0.4, 0.5) is 0 Å². The summed E-state index contributed by atoms with van der Waals surface area (Å²) in [7, 11) is 0. The molecule has 0 aromatic heterocycles. The number of carboxylic acid groups (broad SMARTS) is 2. The molecule has 0 atom stereocenters. The molecular formula is C4H10NNaO4. The molecule has 0 bridgehead atoms. The van der Waals surface area contributed by atoms with Gasteiger partial charge in [-0.05, 0) is 0 Å². The summed E-state index contributed by atoms with van der Waals surface area (Å²) >= 11 is 0. The van der Waals surface area contributed by atoms with Crippen LogP contribution < -0.4 is 6.15 Å². The van der Waals surface area contributed by atoms with E-state index >= 15 is 0 Å². The molecule has 0 saturated carbocycles. The van der Waals surface area contributed by atoms with Crippen molar-refractivity contribution in [3.63, 3.8) is 0 Å². The third kappa shape index (κ3) is 15.7. The van der Waals surface area contributed by atoms with Crippen LogP contribution in [0.3, 0.4) is 0 Å². The normalized spacial score (nSPS) is 6.80. The van der Waals surface area contributed by atoms with Gasteiger partial charge in [-0.3, -0.25) is 9.59 Å². The summed E-state index contributed by atoms with van der Waals surface area (Å²) in [5, 5.41) is 15.8. The molecule has 0 aromatic carbocycles. The minimum atomic E-state index is -1.08. The van der Waals surface area contributed by atoms with Crippen molar-refractivity contribution >= 4 is 41.5 Å². The molecule has 0 aliphatic carbocycles. The van der Waals surface area contributed by atoms with Crippen molar-refractivity contribution in [2.75, 3.05) is 0 Å². The van der Waals surface area contributed by atoms with Crippen LogP contribution in [0, 0.1) is 0 Å². The molecule has 0 aromatic rings. The molecule has 0 fully saturated rings. The average molecular weight is 159 g/mol. The zero-order chi connectivity index (χ0) is 6.57. The topological polar surface area (TPSA) is 110 Å². The Kier molecular flexibility index (Phi) is 14.7. The van der Waals surface area contributed by atoms with Gasteiger partial charge in [0.15, 0.2) is 0 Å². The molecule has 0 heterocycles. The number of carbonyl (C=O) groups is 2. The van der Waals surface area contributed by atoms with Crippen LogP contribution in [0.15, 0.2) is 0 Å². The molecule has 0 aliphatic rings. The first kappa shape index (κ1) is 16.5. The molecule has 0 unspecified atom stereocenters. The third-order valence-electron chi connectivity index (χ3n) is 0.553. The summed E-state index contributed by atoms with van der Waals surface area (Å²) in [4.78, 5) is 19.3. The first-order chi connectivity index (χ1) is 3.63. The molecule has 0 aliphatic heterocycles. The number of rotatable bonds is 3. The molecule has 6 heteroatoms.